The fourth-order valence-corrected chi connectivity index (χ4v) is 4.06. The van der Waals surface area contributed by atoms with Crippen molar-refractivity contribution in [3.05, 3.63) is 60.2 Å². The number of likely N-dealkylation sites (tertiary alicyclic amines) is 1. The Kier molecular flexibility index (Phi) is 5.30. The van der Waals surface area contributed by atoms with Gasteiger partial charge in [0.1, 0.15) is 5.76 Å². The van der Waals surface area contributed by atoms with E-state index < -0.39 is 0 Å². The van der Waals surface area contributed by atoms with Gasteiger partial charge in [-0.2, -0.15) is 0 Å². The second-order valence-electron chi connectivity index (χ2n) is 7.42. The molecule has 0 radical (unpaired) electrons. The molecule has 5 heteroatoms. The predicted molar refractivity (Wildman–Crippen MR) is 106 cm³/mol. The highest BCUT2D eigenvalue weighted by Crippen LogP contribution is 2.20. The minimum absolute atomic E-state index is 0.125. The number of aromatic nitrogens is 1. The van der Waals surface area contributed by atoms with E-state index in [1.165, 1.54) is 16.6 Å². The van der Waals surface area contributed by atoms with Crippen molar-refractivity contribution in [2.24, 2.45) is 5.92 Å². The van der Waals surface area contributed by atoms with Crippen LogP contribution in [0.1, 0.15) is 24.3 Å². The summed E-state index contributed by atoms with van der Waals surface area (Å²) in [6, 6.07) is 14.5. The lowest BCUT2D eigenvalue weighted by atomic mass is 9.96. The van der Waals surface area contributed by atoms with Crippen LogP contribution in [0.3, 0.4) is 0 Å². The maximum absolute atomic E-state index is 12.5. The highest BCUT2D eigenvalue weighted by molar-refractivity contribution is 5.81. The van der Waals surface area contributed by atoms with Crippen LogP contribution in [0.4, 0.5) is 0 Å². The molecule has 0 atom stereocenters. The van der Waals surface area contributed by atoms with Gasteiger partial charge in [0.15, 0.2) is 0 Å². The summed E-state index contributed by atoms with van der Waals surface area (Å²) < 4.78 is 7.70. The van der Waals surface area contributed by atoms with Crippen LogP contribution in [0.2, 0.25) is 0 Å². The van der Waals surface area contributed by atoms with E-state index in [1.807, 2.05) is 12.1 Å². The summed E-state index contributed by atoms with van der Waals surface area (Å²) in [6.45, 7) is 6.32. The van der Waals surface area contributed by atoms with E-state index in [9.17, 15) is 4.79 Å². The molecule has 1 fully saturated rings. The zero-order valence-electron chi connectivity index (χ0n) is 15.9. The van der Waals surface area contributed by atoms with Gasteiger partial charge in [0, 0.05) is 30.2 Å². The number of furan rings is 1. The highest BCUT2D eigenvalue weighted by Gasteiger charge is 2.25. The second kappa shape index (κ2) is 8.01. The minimum atomic E-state index is 0.125. The standard InChI is InChI=1S/C22H27N3O2/c1-17-15-19-5-2-3-7-21(19)25(17)13-10-23-22(26)18-8-11-24(12-9-18)16-20-6-4-14-27-20/h2-7,14-15,18H,8-13,16H2,1H3,(H,23,26). The summed E-state index contributed by atoms with van der Waals surface area (Å²) in [5, 5.41) is 4.40. The molecule has 27 heavy (non-hydrogen) atoms. The van der Waals surface area contributed by atoms with Crippen LogP contribution in [0.25, 0.3) is 10.9 Å². The topological polar surface area (TPSA) is 50.4 Å². The first-order chi connectivity index (χ1) is 13.2. The summed E-state index contributed by atoms with van der Waals surface area (Å²) in [5.41, 5.74) is 2.46. The van der Waals surface area contributed by atoms with Gasteiger partial charge >= 0.3 is 0 Å². The first kappa shape index (κ1) is 17.9. The molecule has 1 N–H and O–H groups in total. The Morgan fingerprint density at radius 2 is 2.00 bits per heavy atom. The second-order valence-corrected chi connectivity index (χ2v) is 7.42. The number of carbonyl (C=O) groups excluding carboxylic acids is 1. The van der Waals surface area contributed by atoms with Gasteiger partial charge in [-0.05, 0) is 62.5 Å². The van der Waals surface area contributed by atoms with Crippen LogP contribution < -0.4 is 5.32 Å². The normalized spacial score (nSPS) is 16.0. The summed E-state index contributed by atoms with van der Waals surface area (Å²) >= 11 is 0. The van der Waals surface area contributed by atoms with Gasteiger partial charge in [-0.25, -0.2) is 0 Å². The Hall–Kier alpha value is -2.53. The molecule has 1 aromatic carbocycles. The van der Waals surface area contributed by atoms with Crippen molar-refractivity contribution in [3.63, 3.8) is 0 Å². The monoisotopic (exact) mass is 365 g/mol. The lowest BCUT2D eigenvalue weighted by Gasteiger charge is -2.30. The number of aryl methyl sites for hydroxylation is 1. The Labute approximate surface area is 159 Å². The zero-order valence-corrected chi connectivity index (χ0v) is 15.9. The number of carbonyl (C=O) groups is 1. The van der Waals surface area contributed by atoms with Crippen LogP contribution in [0.5, 0.6) is 0 Å². The molecule has 1 aliphatic rings. The molecular formula is C22H27N3O2. The third-order valence-electron chi connectivity index (χ3n) is 5.57. The molecule has 3 heterocycles. The molecule has 1 aliphatic heterocycles. The number of amides is 1. The smallest absolute Gasteiger partial charge is 0.223 e. The van der Waals surface area contributed by atoms with Crippen molar-refractivity contribution in [1.82, 2.24) is 14.8 Å². The first-order valence-electron chi connectivity index (χ1n) is 9.78. The Balaban J connectivity index is 1.25. The van der Waals surface area contributed by atoms with Crippen LogP contribution >= 0.6 is 0 Å². The largest absolute Gasteiger partial charge is 0.468 e. The number of benzene rings is 1. The number of nitrogens with zero attached hydrogens (tertiary/aromatic N) is 2. The number of rotatable bonds is 6. The molecule has 3 aromatic rings. The first-order valence-corrected chi connectivity index (χ1v) is 9.78. The third-order valence-corrected chi connectivity index (χ3v) is 5.57. The number of hydrogen-bond donors (Lipinski definition) is 1. The van der Waals surface area contributed by atoms with E-state index in [0.717, 1.165) is 44.8 Å². The van der Waals surface area contributed by atoms with Gasteiger partial charge in [0.2, 0.25) is 5.91 Å². The van der Waals surface area contributed by atoms with E-state index in [1.54, 1.807) is 6.26 Å². The van der Waals surface area contributed by atoms with E-state index in [0.29, 0.717) is 6.54 Å². The van der Waals surface area contributed by atoms with Crippen molar-refractivity contribution in [3.8, 4) is 0 Å². The van der Waals surface area contributed by atoms with E-state index >= 15 is 0 Å². The molecule has 1 amide bonds. The molecule has 5 nitrogen and oxygen atoms in total. The highest BCUT2D eigenvalue weighted by atomic mass is 16.3. The maximum Gasteiger partial charge on any atom is 0.223 e. The molecule has 0 spiro atoms. The van der Waals surface area contributed by atoms with Gasteiger partial charge in [-0.15, -0.1) is 0 Å². The molecule has 142 valence electrons. The summed E-state index contributed by atoms with van der Waals surface area (Å²) in [5.74, 6) is 1.31. The minimum Gasteiger partial charge on any atom is -0.468 e. The van der Waals surface area contributed by atoms with E-state index in [2.05, 4.69) is 52.0 Å². The molecule has 0 aliphatic carbocycles. The number of fused-ring (bicyclic) bond motifs is 1. The lowest BCUT2D eigenvalue weighted by Crippen LogP contribution is -2.40. The Bertz CT molecular complexity index is 890. The fourth-order valence-electron chi connectivity index (χ4n) is 4.06. The van der Waals surface area contributed by atoms with Crippen LogP contribution in [0, 0.1) is 12.8 Å². The van der Waals surface area contributed by atoms with Gasteiger partial charge < -0.3 is 14.3 Å². The third kappa shape index (κ3) is 4.08. The molecule has 0 bridgehead atoms. The molecule has 2 aromatic heterocycles. The number of para-hydroxylation sites is 1. The average molecular weight is 365 g/mol. The summed E-state index contributed by atoms with van der Waals surface area (Å²) in [4.78, 5) is 14.9. The predicted octanol–water partition coefficient (Wildman–Crippen LogP) is 3.57. The molecule has 0 saturated carbocycles. The fraction of sp³-hybridized carbons (Fsp3) is 0.409. The van der Waals surface area contributed by atoms with E-state index in [4.69, 9.17) is 4.42 Å². The number of nitrogens with one attached hydrogen (secondary N) is 1. The maximum atomic E-state index is 12.5. The van der Waals surface area contributed by atoms with Gasteiger partial charge in [0.05, 0.1) is 12.8 Å². The molecule has 1 saturated heterocycles. The van der Waals surface area contributed by atoms with Crippen LogP contribution in [-0.2, 0) is 17.9 Å². The quantitative estimate of drug-likeness (QED) is 0.726. The average Bonchev–Trinajstić information content (AvgIpc) is 3.30. The van der Waals surface area contributed by atoms with Gasteiger partial charge in [-0.1, -0.05) is 18.2 Å². The lowest BCUT2D eigenvalue weighted by molar-refractivity contribution is -0.126. The number of hydrogen-bond acceptors (Lipinski definition) is 3. The number of piperidine rings is 1. The Morgan fingerprint density at radius 1 is 1.19 bits per heavy atom. The van der Waals surface area contributed by atoms with Crippen molar-refractivity contribution < 1.29 is 9.21 Å². The van der Waals surface area contributed by atoms with Gasteiger partial charge in [0.25, 0.3) is 0 Å². The van der Waals surface area contributed by atoms with Crippen molar-refractivity contribution in [1.29, 1.82) is 0 Å². The van der Waals surface area contributed by atoms with Crippen LogP contribution in [0.15, 0.2) is 53.1 Å². The molecule has 4 rings (SSSR count). The van der Waals surface area contributed by atoms with Crippen molar-refractivity contribution in [2.45, 2.75) is 32.9 Å². The zero-order chi connectivity index (χ0) is 18.6. The van der Waals surface area contributed by atoms with Gasteiger partial charge in [-0.3, -0.25) is 9.69 Å². The summed E-state index contributed by atoms with van der Waals surface area (Å²) in [6.07, 6.45) is 3.54. The van der Waals surface area contributed by atoms with Crippen molar-refractivity contribution in [2.75, 3.05) is 19.6 Å². The SMILES string of the molecule is Cc1cc2ccccc2n1CCNC(=O)C1CCN(Cc2ccco2)CC1. The molecule has 0 unspecified atom stereocenters. The summed E-state index contributed by atoms with van der Waals surface area (Å²) in [7, 11) is 0. The van der Waals surface area contributed by atoms with E-state index in [-0.39, 0.29) is 11.8 Å². The van der Waals surface area contributed by atoms with Crippen molar-refractivity contribution >= 4 is 16.8 Å². The molecular weight excluding hydrogens is 338 g/mol. The Morgan fingerprint density at radius 3 is 2.78 bits per heavy atom. The van der Waals surface area contributed by atoms with Crippen LogP contribution in [-0.4, -0.2) is 35.0 Å².